The smallest absolute Gasteiger partial charge is 0.328 e. The average Bonchev–Trinajstić information content (AvgIpc) is 2.46. The zero-order valence-electron chi connectivity index (χ0n) is 11.8. The Morgan fingerprint density at radius 1 is 1.19 bits per heavy atom. The van der Waals surface area contributed by atoms with Gasteiger partial charge in [0.1, 0.15) is 11.6 Å². The number of allylic oxidation sites excluding steroid dienone is 1. The molecule has 0 spiro atoms. The molecule has 21 heavy (non-hydrogen) atoms. The van der Waals surface area contributed by atoms with Crippen LogP contribution in [0.5, 0.6) is 5.75 Å². The molecule has 0 aliphatic rings. The van der Waals surface area contributed by atoms with Crippen LogP contribution in [0.25, 0.3) is 16.7 Å². The van der Waals surface area contributed by atoms with Crippen molar-refractivity contribution in [3.63, 3.8) is 0 Å². The second-order valence-electron chi connectivity index (χ2n) is 4.59. The van der Waals surface area contributed by atoms with Gasteiger partial charge in [-0.2, -0.15) is 0 Å². The number of aliphatic carboxylic acids is 1. The monoisotopic (exact) mass is 286 g/mol. The molecule has 0 unspecified atom stereocenters. The lowest BCUT2D eigenvalue weighted by molar-refractivity contribution is -0.131. The van der Waals surface area contributed by atoms with Crippen LogP contribution < -0.4 is 4.74 Å². The van der Waals surface area contributed by atoms with Crippen molar-refractivity contribution in [2.75, 3.05) is 7.11 Å². The molecule has 0 saturated heterocycles. The van der Waals surface area contributed by atoms with Crippen LogP contribution in [-0.2, 0) is 4.79 Å². The average molecular weight is 286 g/mol. The van der Waals surface area contributed by atoms with E-state index in [4.69, 9.17) is 9.84 Å². The number of benzene rings is 2. The van der Waals surface area contributed by atoms with Gasteiger partial charge < -0.3 is 9.84 Å². The van der Waals surface area contributed by atoms with Gasteiger partial charge in [-0.1, -0.05) is 24.3 Å². The van der Waals surface area contributed by atoms with Gasteiger partial charge in [0.2, 0.25) is 0 Å². The molecule has 2 aromatic rings. The number of carboxylic acid groups (broad SMARTS) is 1. The van der Waals surface area contributed by atoms with Crippen molar-refractivity contribution in [3.8, 4) is 16.9 Å². The fourth-order valence-electron chi connectivity index (χ4n) is 2.04. The van der Waals surface area contributed by atoms with E-state index >= 15 is 0 Å². The van der Waals surface area contributed by atoms with E-state index in [0.717, 1.165) is 17.2 Å². The van der Waals surface area contributed by atoms with Gasteiger partial charge in [-0.05, 0) is 35.8 Å². The van der Waals surface area contributed by atoms with Crippen LogP contribution in [0.4, 0.5) is 4.39 Å². The van der Waals surface area contributed by atoms with Crippen molar-refractivity contribution in [1.29, 1.82) is 0 Å². The van der Waals surface area contributed by atoms with Gasteiger partial charge in [-0.3, -0.25) is 0 Å². The standard InChI is InChI=1S/C17H15FO3/c1-11(9-17(19)20)12-3-5-13(6-4-12)15-8-7-14(21-2)10-16(15)18/h3-10H,1-2H3,(H,19,20)/b11-9+. The maximum atomic E-state index is 14.0. The molecular weight excluding hydrogens is 271 g/mol. The zero-order chi connectivity index (χ0) is 15.4. The first kappa shape index (κ1) is 14.8. The van der Waals surface area contributed by atoms with Gasteiger partial charge in [0.25, 0.3) is 0 Å². The van der Waals surface area contributed by atoms with E-state index in [2.05, 4.69) is 0 Å². The second-order valence-corrected chi connectivity index (χ2v) is 4.59. The molecule has 0 bridgehead atoms. The molecule has 0 aromatic heterocycles. The molecule has 0 amide bonds. The first-order chi connectivity index (χ1) is 10.0. The van der Waals surface area contributed by atoms with Crippen LogP contribution >= 0.6 is 0 Å². The number of carboxylic acids is 1. The van der Waals surface area contributed by atoms with Crippen molar-refractivity contribution < 1.29 is 19.0 Å². The Morgan fingerprint density at radius 3 is 2.38 bits per heavy atom. The minimum atomic E-state index is -0.988. The summed E-state index contributed by atoms with van der Waals surface area (Å²) < 4.78 is 19.0. The molecule has 1 N–H and O–H groups in total. The Hall–Kier alpha value is -2.62. The van der Waals surface area contributed by atoms with E-state index in [0.29, 0.717) is 16.9 Å². The van der Waals surface area contributed by atoms with Crippen LogP contribution in [0.2, 0.25) is 0 Å². The number of hydrogen-bond acceptors (Lipinski definition) is 2. The summed E-state index contributed by atoms with van der Waals surface area (Å²) in [5.41, 5.74) is 2.63. The number of methoxy groups -OCH3 is 1. The van der Waals surface area contributed by atoms with E-state index in [1.165, 1.54) is 13.2 Å². The summed E-state index contributed by atoms with van der Waals surface area (Å²) in [6, 6.07) is 11.8. The Kier molecular flexibility index (Phi) is 4.38. The lowest BCUT2D eigenvalue weighted by Gasteiger charge is -2.07. The van der Waals surface area contributed by atoms with Crippen molar-refractivity contribution in [2.24, 2.45) is 0 Å². The van der Waals surface area contributed by atoms with Crippen LogP contribution in [0.3, 0.4) is 0 Å². The third-order valence-electron chi connectivity index (χ3n) is 3.17. The Morgan fingerprint density at radius 2 is 1.86 bits per heavy atom. The van der Waals surface area contributed by atoms with Crippen LogP contribution in [0.15, 0.2) is 48.5 Å². The Balaban J connectivity index is 2.33. The molecule has 4 heteroatoms. The normalized spacial score (nSPS) is 11.3. The molecule has 2 aromatic carbocycles. The van der Waals surface area contributed by atoms with E-state index in [1.807, 2.05) is 0 Å². The minimum Gasteiger partial charge on any atom is -0.497 e. The maximum absolute atomic E-state index is 14.0. The predicted octanol–water partition coefficient (Wildman–Crippen LogP) is 3.99. The third kappa shape index (κ3) is 3.48. The Bertz CT molecular complexity index is 688. The van der Waals surface area contributed by atoms with Gasteiger partial charge >= 0.3 is 5.97 Å². The summed E-state index contributed by atoms with van der Waals surface area (Å²) in [5.74, 6) is -0.884. The van der Waals surface area contributed by atoms with E-state index in [-0.39, 0.29) is 5.82 Å². The Labute approximate surface area is 122 Å². The quantitative estimate of drug-likeness (QED) is 0.864. The van der Waals surface area contributed by atoms with Crippen LogP contribution in [0, 0.1) is 5.82 Å². The topological polar surface area (TPSA) is 46.5 Å². The molecule has 0 saturated carbocycles. The van der Waals surface area contributed by atoms with Crippen LogP contribution in [-0.4, -0.2) is 18.2 Å². The number of hydrogen-bond donors (Lipinski definition) is 1. The highest BCUT2D eigenvalue weighted by molar-refractivity contribution is 5.89. The molecule has 2 rings (SSSR count). The SMILES string of the molecule is COc1ccc(-c2ccc(/C(C)=C/C(=O)O)cc2)c(F)c1. The highest BCUT2D eigenvalue weighted by Gasteiger charge is 2.07. The van der Waals surface area contributed by atoms with Crippen LogP contribution in [0.1, 0.15) is 12.5 Å². The van der Waals surface area contributed by atoms with Gasteiger partial charge in [-0.15, -0.1) is 0 Å². The molecule has 0 aliphatic carbocycles. The molecule has 0 heterocycles. The first-order valence-corrected chi connectivity index (χ1v) is 6.37. The molecule has 0 atom stereocenters. The lowest BCUT2D eigenvalue weighted by Crippen LogP contribution is -1.91. The summed E-state index contributed by atoms with van der Waals surface area (Å²) in [6.45, 7) is 1.72. The third-order valence-corrected chi connectivity index (χ3v) is 3.17. The number of carbonyl (C=O) groups is 1. The van der Waals surface area contributed by atoms with Crippen molar-refractivity contribution in [3.05, 3.63) is 59.9 Å². The maximum Gasteiger partial charge on any atom is 0.328 e. The summed E-state index contributed by atoms with van der Waals surface area (Å²) in [4.78, 5) is 10.6. The van der Waals surface area contributed by atoms with Crippen molar-refractivity contribution in [2.45, 2.75) is 6.92 Å². The molecule has 3 nitrogen and oxygen atoms in total. The van der Waals surface area contributed by atoms with Gasteiger partial charge in [0.15, 0.2) is 0 Å². The summed E-state index contributed by atoms with van der Waals surface area (Å²) in [7, 11) is 1.49. The predicted molar refractivity (Wildman–Crippen MR) is 79.7 cm³/mol. The molecule has 0 radical (unpaired) electrons. The fraction of sp³-hybridized carbons (Fsp3) is 0.118. The number of halogens is 1. The molecule has 0 aliphatic heterocycles. The van der Waals surface area contributed by atoms with Crippen molar-refractivity contribution >= 4 is 11.5 Å². The summed E-state index contributed by atoms with van der Waals surface area (Å²) in [6.07, 6.45) is 1.14. The second kappa shape index (κ2) is 6.22. The number of rotatable bonds is 4. The van der Waals surface area contributed by atoms with Gasteiger partial charge in [-0.25, -0.2) is 9.18 Å². The van der Waals surface area contributed by atoms with E-state index in [1.54, 1.807) is 43.3 Å². The zero-order valence-corrected chi connectivity index (χ0v) is 11.8. The van der Waals surface area contributed by atoms with Gasteiger partial charge in [0.05, 0.1) is 7.11 Å². The van der Waals surface area contributed by atoms with E-state index in [9.17, 15) is 9.18 Å². The number of ether oxygens (including phenoxy) is 1. The minimum absolute atomic E-state index is 0.361. The first-order valence-electron chi connectivity index (χ1n) is 6.37. The fourth-order valence-corrected chi connectivity index (χ4v) is 2.04. The summed E-state index contributed by atoms with van der Waals surface area (Å²) >= 11 is 0. The molecular formula is C17H15FO3. The van der Waals surface area contributed by atoms with E-state index < -0.39 is 5.97 Å². The largest absolute Gasteiger partial charge is 0.497 e. The van der Waals surface area contributed by atoms with Crippen molar-refractivity contribution in [1.82, 2.24) is 0 Å². The summed E-state index contributed by atoms with van der Waals surface area (Å²) in [5, 5.41) is 8.73. The van der Waals surface area contributed by atoms with Gasteiger partial charge in [0, 0.05) is 17.7 Å². The molecule has 0 fully saturated rings. The highest BCUT2D eigenvalue weighted by Crippen LogP contribution is 2.27. The molecule has 108 valence electrons. The highest BCUT2D eigenvalue weighted by atomic mass is 19.1. The lowest BCUT2D eigenvalue weighted by atomic mass is 10.0.